The summed E-state index contributed by atoms with van der Waals surface area (Å²) >= 11 is 1.60. The quantitative estimate of drug-likeness (QED) is 0.738. The third-order valence-corrected chi connectivity index (χ3v) is 2.89. The molecule has 0 aromatic carbocycles. The Morgan fingerprint density at radius 2 is 2.50 bits per heavy atom. The molecule has 0 saturated carbocycles. The summed E-state index contributed by atoms with van der Waals surface area (Å²) in [4.78, 5) is 15.1. The highest BCUT2D eigenvalue weighted by atomic mass is 32.1. The van der Waals surface area contributed by atoms with E-state index in [1.165, 1.54) is 7.11 Å². The molecule has 5 nitrogen and oxygen atoms in total. The first-order valence-corrected chi connectivity index (χ1v) is 5.87. The fourth-order valence-corrected chi connectivity index (χ4v) is 1.93. The molecule has 1 aromatic heterocycles. The molecule has 0 fully saturated rings. The van der Waals surface area contributed by atoms with Crippen LogP contribution in [0.4, 0.5) is 0 Å². The van der Waals surface area contributed by atoms with Crippen LogP contribution in [0, 0.1) is 6.92 Å². The first kappa shape index (κ1) is 13.1. The molecule has 0 saturated heterocycles. The van der Waals surface area contributed by atoms with Crippen LogP contribution in [0.1, 0.15) is 10.7 Å². The average Bonchev–Trinajstić information content (AvgIpc) is 2.63. The molecule has 0 bridgehead atoms. The molecule has 0 aliphatic heterocycles. The highest BCUT2D eigenvalue weighted by Crippen LogP contribution is 2.07. The van der Waals surface area contributed by atoms with E-state index in [4.69, 9.17) is 9.84 Å². The van der Waals surface area contributed by atoms with E-state index in [2.05, 4.69) is 10.3 Å². The molecule has 1 unspecified atom stereocenters. The van der Waals surface area contributed by atoms with Crippen LogP contribution < -0.4 is 5.32 Å². The fourth-order valence-electron chi connectivity index (χ4n) is 1.28. The highest BCUT2D eigenvalue weighted by molar-refractivity contribution is 7.09. The average molecular weight is 244 g/mol. The molecule has 0 aliphatic carbocycles. The molecular formula is C10H16N2O3S. The zero-order valence-electron chi connectivity index (χ0n) is 9.40. The van der Waals surface area contributed by atoms with Gasteiger partial charge in [-0.05, 0) is 6.92 Å². The number of carboxylic acids is 1. The lowest BCUT2D eigenvalue weighted by Crippen LogP contribution is -2.41. The SMILES string of the molecule is COCC(NCCc1csc(C)n1)C(=O)O. The highest BCUT2D eigenvalue weighted by Gasteiger charge is 2.15. The van der Waals surface area contributed by atoms with Gasteiger partial charge in [0.15, 0.2) is 0 Å². The van der Waals surface area contributed by atoms with Crippen molar-refractivity contribution in [2.24, 2.45) is 0 Å². The summed E-state index contributed by atoms with van der Waals surface area (Å²) in [6, 6.07) is -0.648. The van der Waals surface area contributed by atoms with Crippen molar-refractivity contribution < 1.29 is 14.6 Å². The normalized spacial score (nSPS) is 12.6. The smallest absolute Gasteiger partial charge is 0.323 e. The van der Waals surface area contributed by atoms with Crippen molar-refractivity contribution in [1.82, 2.24) is 10.3 Å². The van der Waals surface area contributed by atoms with Crippen molar-refractivity contribution in [3.63, 3.8) is 0 Å². The van der Waals surface area contributed by atoms with E-state index in [9.17, 15) is 4.79 Å². The standard InChI is InChI=1S/C10H16N2O3S/c1-7-12-8(6-16-7)3-4-11-9(5-15-2)10(13)14/h6,9,11H,3-5H2,1-2H3,(H,13,14). The number of aryl methyl sites for hydroxylation is 1. The van der Waals surface area contributed by atoms with Gasteiger partial charge in [-0.2, -0.15) is 0 Å². The van der Waals surface area contributed by atoms with Crippen LogP contribution in [-0.4, -0.2) is 42.4 Å². The van der Waals surface area contributed by atoms with Crippen LogP contribution in [0.3, 0.4) is 0 Å². The third kappa shape index (κ3) is 4.26. The molecule has 0 spiro atoms. The Morgan fingerprint density at radius 3 is 3.00 bits per heavy atom. The number of carbonyl (C=O) groups is 1. The maximum Gasteiger partial charge on any atom is 0.323 e. The van der Waals surface area contributed by atoms with Crippen molar-refractivity contribution in [2.75, 3.05) is 20.3 Å². The topological polar surface area (TPSA) is 71.5 Å². The zero-order chi connectivity index (χ0) is 12.0. The number of aromatic nitrogens is 1. The fraction of sp³-hybridized carbons (Fsp3) is 0.600. The van der Waals surface area contributed by atoms with Gasteiger partial charge in [-0.1, -0.05) is 0 Å². The maximum atomic E-state index is 10.8. The number of thiazole rings is 1. The summed E-state index contributed by atoms with van der Waals surface area (Å²) < 4.78 is 4.82. The Kier molecular flexibility index (Phi) is 5.37. The lowest BCUT2D eigenvalue weighted by Gasteiger charge is -2.12. The Hall–Kier alpha value is -0.980. The summed E-state index contributed by atoms with van der Waals surface area (Å²) in [6.07, 6.45) is 0.734. The monoisotopic (exact) mass is 244 g/mol. The molecule has 90 valence electrons. The van der Waals surface area contributed by atoms with Crippen molar-refractivity contribution >= 4 is 17.3 Å². The number of methoxy groups -OCH3 is 1. The third-order valence-electron chi connectivity index (χ3n) is 2.07. The Balaban J connectivity index is 2.30. The molecule has 2 N–H and O–H groups in total. The molecule has 1 heterocycles. The predicted molar refractivity (Wildman–Crippen MR) is 61.9 cm³/mol. The zero-order valence-corrected chi connectivity index (χ0v) is 10.2. The number of hydrogen-bond acceptors (Lipinski definition) is 5. The van der Waals surface area contributed by atoms with Gasteiger partial charge in [0, 0.05) is 25.5 Å². The van der Waals surface area contributed by atoms with Crippen LogP contribution in [0.15, 0.2) is 5.38 Å². The van der Waals surface area contributed by atoms with E-state index in [1.807, 2.05) is 12.3 Å². The van der Waals surface area contributed by atoms with Crippen molar-refractivity contribution in [3.8, 4) is 0 Å². The minimum absolute atomic E-state index is 0.172. The van der Waals surface area contributed by atoms with Crippen LogP contribution in [0.25, 0.3) is 0 Å². The van der Waals surface area contributed by atoms with Gasteiger partial charge in [0.25, 0.3) is 0 Å². The Bertz CT molecular complexity index is 341. The van der Waals surface area contributed by atoms with Gasteiger partial charge in [-0.3, -0.25) is 4.79 Å². The number of nitrogens with zero attached hydrogens (tertiary/aromatic N) is 1. The lowest BCUT2D eigenvalue weighted by molar-refractivity contribution is -0.140. The number of hydrogen-bond donors (Lipinski definition) is 2. The number of carboxylic acid groups (broad SMARTS) is 1. The molecule has 0 aliphatic rings. The summed E-state index contributed by atoms with van der Waals surface area (Å²) in [5, 5.41) is 14.8. The summed E-state index contributed by atoms with van der Waals surface area (Å²) in [5.74, 6) is -0.892. The van der Waals surface area contributed by atoms with Gasteiger partial charge in [0.2, 0.25) is 0 Å². The summed E-state index contributed by atoms with van der Waals surface area (Å²) in [7, 11) is 1.49. The van der Waals surface area contributed by atoms with Crippen molar-refractivity contribution in [2.45, 2.75) is 19.4 Å². The van der Waals surface area contributed by atoms with Crippen LogP contribution in [0.2, 0.25) is 0 Å². The van der Waals surface area contributed by atoms with Crippen molar-refractivity contribution in [1.29, 1.82) is 0 Å². The van der Waals surface area contributed by atoms with Gasteiger partial charge < -0.3 is 15.2 Å². The number of nitrogens with one attached hydrogen (secondary N) is 1. The van der Waals surface area contributed by atoms with E-state index in [0.717, 1.165) is 17.1 Å². The predicted octanol–water partition coefficient (Wildman–Crippen LogP) is 0.683. The van der Waals surface area contributed by atoms with Gasteiger partial charge in [0.05, 0.1) is 17.3 Å². The molecule has 1 rings (SSSR count). The van der Waals surface area contributed by atoms with E-state index in [1.54, 1.807) is 11.3 Å². The van der Waals surface area contributed by atoms with E-state index < -0.39 is 12.0 Å². The second-order valence-electron chi connectivity index (χ2n) is 3.41. The van der Waals surface area contributed by atoms with E-state index in [0.29, 0.717) is 6.54 Å². The molecule has 1 aromatic rings. The van der Waals surface area contributed by atoms with Gasteiger partial charge in [-0.15, -0.1) is 11.3 Å². The molecule has 6 heteroatoms. The first-order valence-electron chi connectivity index (χ1n) is 4.99. The van der Waals surface area contributed by atoms with E-state index >= 15 is 0 Å². The molecule has 0 radical (unpaired) electrons. The summed E-state index contributed by atoms with van der Waals surface area (Å²) in [6.45, 7) is 2.71. The lowest BCUT2D eigenvalue weighted by atomic mass is 10.3. The minimum Gasteiger partial charge on any atom is -0.480 e. The molecule has 1 atom stereocenters. The Labute approximate surface area is 98.5 Å². The number of ether oxygens (including phenoxy) is 1. The van der Waals surface area contributed by atoms with Gasteiger partial charge in [0.1, 0.15) is 6.04 Å². The van der Waals surface area contributed by atoms with Crippen LogP contribution in [0.5, 0.6) is 0 Å². The molecule has 16 heavy (non-hydrogen) atoms. The number of aliphatic carboxylic acids is 1. The second kappa shape index (κ2) is 6.57. The van der Waals surface area contributed by atoms with Gasteiger partial charge in [-0.25, -0.2) is 4.98 Å². The van der Waals surface area contributed by atoms with E-state index in [-0.39, 0.29) is 6.61 Å². The van der Waals surface area contributed by atoms with Crippen LogP contribution >= 0.6 is 11.3 Å². The van der Waals surface area contributed by atoms with Gasteiger partial charge >= 0.3 is 5.97 Å². The second-order valence-corrected chi connectivity index (χ2v) is 4.47. The minimum atomic E-state index is -0.892. The van der Waals surface area contributed by atoms with Crippen LogP contribution in [-0.2, 0) is 16.0 Å². The molecule has 0 amide bonds. The maximum absolute atomic E-state index is 10.8. The first-order chi connectivity index (χ1) is 7.63. The van der Waals surface area contributed by atoms with Crippen molar-refractivity contribution in [3.05, 3.63) is 16.1 Å². The number of rotatable bonds is 7. The largest absolute Gasteiger partial charge is 0.480 e. The summed E-state index contributed by atoms with van der Waals surface area (Å²) in [5.41, 5.74) is 0.997. The Morgan fingerprint density at radius 1 is 1.75 bits per heavy atom. The molecular weight excluding hydrogens is 228 g/mol.